The van der Waals surface area contributed by atoms with Crippen molar-refractivity contribution in [1.29, 1.82) is 0 Å². The number of rotatable bonds is 6. The predicted molar refractivity (Wildman–Crippen MR) is 147 cm³/mol. The molecule has 37 heavy (non-hydrogen) atoms. The highest BCUT2D eigenvalue weighted by Gasteiger charge is 2.42. The van der Waals surface area contributed by atoms with E-state index in [0.717, 1.165) is 55.8 Å². The number of aromatic nitrogens is 3. The first-order valence-corrected chi connectivity index (χ1v) is 13.6. The Morgan fingerprint density at radius 3 is 2.54 bits per heavy atom. The molecule has 2 aromatic heterocycles. The van der Waals surface area contributed by atoms with Crippen molar-refractivity contribution in [2.24, 2.45) is 0 Å². The van der Waals surface area contributed by atoms with E-state index in [1.807, 2.05) is 36.5 Å². The molecule has 2 aliphatic rings. The summed E-state index contributed by atoms with van der Waals surface area (Å²) >= 11 is 6.15. The fourth-order valence-corrected chi connectivity index (χ4v) is 6.38. The third-order valence-electron chi connectivity index (χ3n) is 8.06. The van der Waals surface area contributed by atoms with Crippen molar-refractivity contribution in [1.82, 2.24) is 24.2 Å². The molecule has 0 aliphatic carbocycles. The molecule has 2 atom stereocenters. The van der Waals surface area contributed by atoms with Crippen LogP contribution >= 0.6 is 11.6 Å². The second-order valence-electron chi connectivity index (χ2n) is 10.3. The van der Waals surface area contributed by atoms with E-state index < -0.39 is 0 Å². The van der Waals surface area contributed by atoms with Crippen LogP contribution in [0.3, 0.4) is 0 Å². The van der Waals surface area contributed by atoms with Crippen molar-refractivity contribution in [3.63, 3.8) is 0 Å². The van der Waals surface area contributed by atoms with Crippen LogP contribution in [0.25, 0.3) is 17.0 Å². The number of carbonyl (C=O) groups excluding carboxylic acids is 1. The molecule has 2 saturated heterocycles. The molecule has 4 aromatic rings. The van der Waals surface area contributed by atoms with Gasteiger partial charge in [-0.3, -0.25) is 14.1 Å². The lowest BCUT2D eigenvalue weighted by atomic mass is 9.96. The van der Waals surface area contributed by atoms with Crippen LogP contribution in [0.4, 0.5) is 0 Å². The molecule has 6 rings (SSSR count). The van der Waals surface area contributed by atoms with Gasteiger partial charge in [0.2, 0.25) is 11.7 Å². The van der Waals surface area contributed by atoms with Crippen molar-refractivity contribution in [2.75, 3.05) is 13.1 Å². The molecule has 4 heterocycles. The van der Waals surface area contributed by atoms with Gasteiger partial charge in [0.15, 0.2) is 0 Å². The monoisotopic (exact) mass is 513 g/mol. The van der Waals surface area contributed by atoms with Gasteiger partial charge in [-0.15, -0.1) is 0 Å². The van der Waals surface area contributed by atoms with E-state index in [4.69, 9.17) is 16.6 Å². The van der Waals surface area contributed by atoms with E-state index in [0.29, 0.717) is 17.2 Å². The molecule has 0 radical (unpaired) electrons. The third kappa shape index (κ3) is 4.53. The summed E-state index contributed by atoms with van der Waals surface area (Å²) in [4.78, 5) is 27.6. The van der Waals surface area contributed by atoms with Crippen molar-refractivity contribution in [3.05, 3.63) is 88.3 Å². The Balaban J connectivity index is 1.23. The molecule has 190 valence electrons. The predicted octanol–water partition coefficient (Wildman–Crippen LogP) is 5.34. The van der Waals surface area contributed by atoms with Crippen LogP contribution in [0.5, 0.6) is 0 Å². The van der Waals surface area contributed by atoms with Crippen LogP contribution in [0, 0.1) is 6.92 Å². The summed E-state index contributed by atoms with van der Waals surface area (Å²) in [7, 11) is 0. The lowest BCUT2D eigenvalue weighted by Gasteiger charge is -2.41. The maximum atomic E-state index is 13.6. The molecule has 0 saturated carbocycles. The number of aryl methyl sites for hydroxylation is 2. The topological polar surface area (TPSA) is 53.7 Å². The highest BCUT2D eigenvalue weighted by Crippen LogP contribution is 2.34. The summed E-state index contributed by atoms with van der Waals surface area (Å²) in [5.41, 5.74) is 6.81. The van der Waals surface area contributed by atoms with Gasteiger partial charge in [-0.2, -0.15) is 0 Å². The van der Waals surface area contributed by atoms with Gasteiger partial charge in [-0.25, -0.2) is 9.97 Å². The van der Waals surface area contributed by atoms with Gasteiger partial charge in [-0.05, 0) is 61.1 Å². The van der Waals surface area contributed by atoms with Crippen LogP contribution in [0.1, 0.15) is 42.1 Å². The van der Waals surface area contributed by atoms with Crippen LogP contribution in [-0.4, -0.2) is 55.2 Å². The van der Waals surface area contributed by atoms with E-state index in [9.17, 15) is 4.79 Å². The SMILES string of the molecule is CCc1cccc(C)c1CC(=O)N1C2CCC1CN(Cc1c(-c3ccc(Cl)cc3)nc3ncccn13)C2. The number of carbonyl (C=O) groups is 1. The van der Waals surface area contributed by atoms with Gasteiger partial charge < -0.3 is 4.90 Å². The van der Waals surface area contributed by atoms with E-state index in [-0.39, 0.29) is 18.0 Å². The molecule has 2 unspecified atom stereocenters. The Morgan fingerprint density at radius 2 is 1.81 bits per heavy atom. The average molecular weight is 514 g/mol. The highest BCUT2D eigenvalue weighted by atomic mass is 35.5. The van der Waals surface area contributed by atoms with Crippen LogP contribution in [0.2, 0.25) is 5.02 Å². The molecule has 0 N–H and O–H groups in total. The normalized spacial score (nSPS) is 19.6. The van der Waals surface area contributed by atoms with Crippen LogP contribution in [-0.2, 0) is 24.2 Å². The first-order chi connectivity index (χ1) is 18.0. The summed E-state index contributed by atoms with van der Waals surface area (Å²) in [5.74, 6) is 0.973. The van der Waals surface area contributed by atoms with Gasteiger partial charge in [0.1, 0.15) is 0 Å². The van der Waals surface area contributed by atoms with Gasteiger partial charge in [-0.1, -0.05) is 48.9 Å². The average Bonchev–Trinajstić information content (AvgIpc) is 3.40. The first kappa shape index (κ1) is 24.1. The Labute approximate surface area is 222 Å². The molecule has 2 aliphatic heterocycles. The lowest BCUT2D eigenvalue weighted by molar-refractivity contribution is -0.136. The number of nitrogens with zero attached hydrogens (tertiary/aromatic N) is 5. The maximum absolute atomic E-state index is 13.6. The van der Waals surface area contributed by atoms with Crippen molar-refractivity contribution in [2.45, 2.75) is 58.2 Å². The zero-order valence-corrected chi connectivity index (χ0v) is 22.2. The number of hydrogen-bond donors (Lipinski definition) is 0. The smallest absolute Gasteiger partial charge is 0.234 e. The second-order valence-corrected chi connectivity index (χ2v) is 10.8. The number of benzene rings is 2. The number of imidazole rings is 1. The summed E-state index contributed by atoms with van der Waals surface area (Å²) in [6.07, 6.45) is 7.41. The Kier molecular flexibility index (Phi) is 6.47. The molecule has 6 nitrogen and oxygen atoms in total. The molecule has 7 heteroatoms. The number of amides is 1. The Morgan fingerprint density at radius 1 is 1.05 bits per heavy atom. The van der Waals surface area contributed by atoms with E-state index in [2.05, 4.69) is 51.2 Å². The summed E-state index contributed by atoms with van der Waals surface area (Å²) in [5, 5.41) is 0.710. The van der Waals surface area contributed by atoms with Gasteiger partial charge >= 0.3 is 0 Å². The molecule has 1 amide bonds. The summed E-state index contributed by atoms with van der Waals surface area (Å²) in [6, 6.07) is 16.7. The van der Waals surface area contributed by atoms with E-state index in [1.165, 1.54) is 16.7 Å². The maximum Gasteiger partial charge on any atom is 0.234 e. The standard InChI is InChI=1S/C30H32ClN5O/c1-3-21-7-4-6-20(2)26(21)16-28(37)36-24-12-13-25(36)18-34(17-24)19-27-29(22-8-10-23(31)11-9-22)33-30-32-14-5-15-35(27)30/h4-11,14-15,24-25H,3,12-13,16-19H2,1-2H3. The second kappa shape index (κ2) is 9.92. The number of piperazine rings is 1. The fraction of sp³-hybridized carbons (Fsp3) is 0.367. The lowest BCUT2D eigenvalue weighted by Crippen LogP contribution is -2.55. The minimum Gasteiger partial charge on any atom is -0.334 e. The molecule has 2 bridgehead atoms. The zero-order valence-electron chi connectivity index (χ0n) is 21.4. The third-order valence-corrected chi connectivity index (χ3v) is 8.31. The molecular weight excluding hydrogens is 482 g/mol. The van der Waals surface area contributed by atoms with Crippen molar-refractivity contribution < 1.29 is 4.79 Å². The van der Waals surface area contributed by atoms with Crippen molar-refractivity contribution in [3.8, 4) is 11.3 Å². The Hall–Kier alpha value is -3.22. The van der Waals surface area contributed by atoms with Gasteiger partial charge in [0.25, 0.3) is 0 Å². The number of fused-ring (bicyclic) bond motifs is 3. The minimum atomic E-state index is 0.261. The zero-order chi connectivity index (χ0) is 25.5. The molecular formula is C30H32ClN5O. The largest absolute Gasteiger partial charge is 0.334 e. The molecule has 0 spiro atoms. The summed E-state index contributed by atoms with van der Waals surface area (Å²) in [6.45, 7) is 6.81. The number of likely N-dealkylation sites (tertiary alicyclic amines) is 1. The molecule has 2 aromatic carbocycles. The van der Waals surface area contributed by atoms with Gasteiger partial charge in [0, 0.05) is 54.7 Å². The summed E-state index contributed by atoms with van der Waals surface area (Å²) < 4.78 is 2.09. The fourth-order valence-electron chi connectivity index (χ4n) is 6.25. The first-order valence-electron chi connectivity index (χ1n) is 13.2. The van der Waals surface area contributed by atoms with E-state index >= 15 is 0 Å². The van der Waals surface area contributed by atoms with Gasteiger partial charge in [0.05, 0.1) is 17.8 Å². The quantitative estimate of drug-likeness (QED) is 0.349. The number of halogens is 1. The minimum absolute atomic E-state index is 0.261. The molecule has 2 fully saturated rings. The number of hydrogen-bond acceptors (Lipinski definition) is 4. The van der Waals surface area contributed by atoms with E-state index in [1.54, 1.807) is 6.20 Å². The van der Waals surface area contributed by atoms with Crippen LogP contribution < -0.4 is 0 Å². The van der Waals surface area contributed by atoms with Crippen LogP contribution in [0.15, 0.2) is 60.9 Å². The Bertz CT molecular complexity index is 1430. The van der Waals surface area contributed by atoms with Crippen molar-refractivity contribution >= 4 is 23.3 Å². The highest BCUT2D eigenvalue weighted by molar-refractivity contribution is 6.30.